The lowest BCUT2D eigenvalue weighted by molar-refractivity contribution is -0.131. The molecule has 1 aliphatic heterocycles. The van der Waals surface area contributed by atoms with Gasteiger partial charge in [0.15, 0.2) is 11.5 Å². The maximum absolute atomic E-state index is 12.7. The van der Waals surface area contributed by atoms with Crippen LogP contribution >= 0.6 is 0 Å². The van der Waals surface area contributed by atoms with Gasteiger partial charge in [-0.15, -0.1) is 0 Å². The highest BCUT2D eigenvalue weighted by Gasteiger charge is 2.19. The molecule has 1 heterocycles. The first kappa shape index (κ1) is 20.7. The molecule has 31 heavy (non-hydrogen) atoms. The topological polar surface area (TPSA) is 67.9 Å². The average molecular weight is 418 g/mol. The highest BCUT2D eigenvalue weighted by atomic mass is 16.6. The zero-order valence-corrected chi connectivity index (χ0v) is 17.6. The van der Waals surface area contributed by atoms with E-state index in [2.05, 4.69) is 5.32 Å². The quantitative estimate of drug-likeness (QED) is 0.634. The molecule has 3 aromatic rings. The Morgan fingerprint density at radius 3 is 2.61 bits per heavy atom. The molecule has 0 saturated heterocycles. The first-order valence-electron chi connectivity index (χ1n) is 10.6. The fraction of sp³-hybridized carbons (Fsp3) is 0.280. The standard InChI is InChI=1S/C25H26N2O4/c1-2-27(17-21-8-5-9-22-24(21)31-15-14-30-22)23(28)12-13-26-25(29)20-11-10-18-6-3-4-7-19(18)16-20/h3-11,16H,2,12-15,17H2,1H3,(H,26,29). The van der Waals surface area contributed by atoms with Gasteiger partial charge in [-0.2, -0.15) is 0 Å². The predicted octanol–water partition coefficient (Wildman–Crippen LogP) is 3.78. The summed E-state index contributed by atoms with van der Waals surface area (Å²) in [6.07, 6.45) is 0.236. The van der Waals surface area contributed by atoms with Gasteiger partial charge in [0.2, 0.25) is 5.91 Å². The molecule has 1 aliphatic rings. The Bertz CT molecular complexity index is 1100. The fourth-order valence-electron chi connectivity index (χ4n) is 3.71. The number of hydrogen-bond acceptors (Lipinski definition) is 4. The van der Waals surface area contributed by atoms with E-state index in [-0.39, 0.29) is 24.8 Å². The van der Waals surface area contributed by atoms with Gasteiger partial charge in [0.25, 0.3) is 5.91 Å². The van der Waals surface area contributed by atoms with Crippen LogP contribution in [-0.4, -0.2) is 43.0 Å². The molecule has 2 amide bonds. The van der Waals surface area contributed by atoms with Gasteiger partial charge in [-0.1, -0.05) is 42.5 Å². The Balaban J connectivity index is 1.33. The monoisotopic (exact) mass is 418 g/mol. The summed E-state index contributed by atoms with van der Waals surface area (Å²) >= 11 is 0. The molecule has 3 aromatic carbocycles. The number of carbonyl (C=O) groups is 2. The first-order valence-corrected chi connectivity index (χ1v) is 10.6. The minimum atomic E-state index is -0.177. The zero-order chi connectivity index (χ0) is 21.6. The van der Waals surface area contributed by atoms with E-state index >= 15 is 0 Å². The number of nitrogens with one attached hydrogen (secondary N) is 1. The van der Waals surface area contributed by atoms with E-state index in [0.717, 1.165) is 22.1 Å². The van der Waals surface area contributed by atoms with Crippen LogP contribution in [0, 0.1) is 0 Å². The Labute approximate surface area is 181 Å². The molecule has 0 aromatic heterocycles. The van der Waals surface area contributed by atoms with E-state index in [9.17, 15) is 9.59 Å². The van der Waals surface area contributed by atoms with Gasteiger partial charge >= 0.3 is 0 Å². The summed E-state index contributed by atoms with van der Waals surface area (Å²) in [6.45, 7) is 4.28. The highest BCUT2D eigenvalue weighted by molar-refractivity contribution is 5.98. The number of ether oxygens (including phenoxy) is 2. The molecule has 1 N–H and O–H groups in total. The molecular weight excluding hydrogens is 392 g/mol. The minimum absolute atomic E-state index is 0.0179. The molecule has 0 saturated carbocycles. The second kappa shape index (κ2) is 9.51. The summed E-state index contributed by atoms with van der Waals surface area (Å²) in [5.74, 6) is 1.24. The number of benzene rings is 3. The fourth-order valence-corrected chi connectivity index (χ4v) is 3.71. The molecule has 0 aliphatic carbocycles. The molecule has 160 valence electrons. The first-order chi connectivity index (χ1) is 15.2. The van der Waals surface area contributed by atoms with Crippen LogP contribution in [0.3, 0.4) is 0 Å². The van der Waals surface area contributed by atoms with Crippen LogP contribution in [0.5, 0.6) is 11.5 Å². The summed E-state index contributed by atoms with van der Waals surface area (Å²) in [4.78, 5) is 27.0. The van der Waals surface area contributed by atoms with Crippen molar-refractivity contribution in [1.29, 1.82) is 0 Å². The van der Waals surface area contributed by atoms with Crippen molar-refractivity contribution < 1.29 is 19.1 Å². The van der Waals surface area contributed by atoms with Gasteiger partial charge in [-0.25, -0.2) is 0 Å². The number of amides is 2. The third-order valence-corrected chi connectivity index (χ3v) is 5.38. The largest absolute Gasteiger partial charge is 0.486 e. The third kappa shape index (κ3) is 4.79. The maximum Gasteiger partial charge on any atom is 0.251 e. The Kier molecular flexibility index (Phi) is 6.36. The second-order valence-electron chi connectivity index (χ2n) is 7.42. The number of para-hydroxylation sites is 1. The third-order valence-electron chi connectivity index (χ3n) is 5.38. The number of rotatable bonds is 7. The zero-order valence-electron chi connectivity index (χ0n) is 17.6. The molecular formula is C25H26N2O4. The number of fused-ring (bicyclic) bond motifs is 2. The highest BCUT2D eigenvalue weighted by Crippen LogP contribution is 2.34. The summed E-state index contributed by atoms with van der Waals surface area (Å²) in [7, 11) is 0. The van der Waals surface area contributed by atoms with E-state index < -0.39 is 0 Å². The molecule has 0 spiro atoms. The van der Waals surface area contributed by atoms with Crippen molar-refractivity contribution in [1.82, 2.24) is 10.2 Å². The van der Waals surface area contributed by atoms with Crippen LogP contribution in [0.4, 0.5) is 0 Å². The van der Waals surface area contributed by atoms with E-state index in [1.165, 1.54) is 0 Å². The second-order valence-corrected chi connectivity index (χ2v) is 7.42. The molecule has 0 fully saturated rings. The summed E-state index contributed by atoms with van der Waals surface area (Å²) in [5, 5.41) is 4.96. The van der Waals surface area contributed by atoms with E-state index in [0.29, 0.717) is 37.6 Å². The van der Waals surface area contributed by atoms with Crippen molar-refractivity contribution >= 4 is 22.6 Å². The molecule has 0 bridgehead atoms. The molecule has 0 radical (unpaired) electrons. The number of nitrogens with zero attached hydrogens (tertiary/aromatic N) is 1. The number of carbonyl (C=O) groups excluding carboxylic acids is 2. The molecule has 6 heteroatoms. The minimum Gasteiger partial charge on any atom is -0.486 e. The van der Waals surface area contributed by atoms with Crippen LogP contribution in [0.1, 0.15) is 29.3 Å². The van der Waals surface area contributed by atoms with E-state index in [4.69, 9.17) is 9.47 Å². The Hall–Kier alpha value is -3.54. The van der Waals surface area contributed by atoms with Crippen molar-refractivity contribution in [3.8, 4) is 11.5 Å². The van der Waals surface area contributed by atoms with Crippen molar-refractivity contribution in [2.75, 3.05) is 26.3 Å². The Morgan fingerprint density at radius 1 is 0.968 bits per heavy atom. The van der Waals surface area contributed by atoms with Crippen LogP contribution in [-0.2, 0) is 11.3 Å². The van der Waals surface area contributed by atoms with E-state index in [1.807, 2.05) is 61.5 Å². The lowest BCUT2D eigenvalue weighted by Crippen LogP contribution is -2.34. The Morgan fingerprint density at radius 2 is 1.77 bits per heavy atom. The summed E-state index contributed by atoms with van der Waals surface area (Å²) in [5.41, 5.74) is 1.51. The lowest BCUT2D eigenvalue weighted by Gasteiger charge is -2.25. The summed E-state index contributed by atoms with van der Waals surface area (Å²) < 4.78 is 11.4. The molecule has 0 atom stereocenters. The van der Waals surface area contributed by atoms with Crippen LogP contribution < -0.4 is 14.8 Å². The molecule has 6 nitrogen and oxygen atoms in total. The van der Waals surface area contributed by atoms with Gasteiger partial charge in [0, 0.05) is 37.2 Å². The normalized spacial score (nSPS) is 12.4. The van der Waals surface area contributed by atoms with Gasteiger partial charge in [-0.05, 0) is 35.9 Å². The number of hydrogen-bond donors (Lipinski definition) is 1. The van der Waals surface area contributed by atoms with Crippen molar-refractivity contribution in [2.45, 2.75) is 19.9 Å². The predicted molar refractivity (Wildman–Crippen MR) is 119 cm³/mol. The molecule has 0 unspecified atom stereocenters. The van der Waals surface area contributed by atoms with Crippen LogP contribution in [0.25, 0.3) is 10.8 Å². The van der Waals surface area contributed by atoms with Crippen molar-refractivity contribution in [2.24, 2.45) is 0 Å². The summed E-state index contributed by atoms with van der Waals surface area (Å²) in [6, 6.07) is 19.2. The van der Waals surface area contributed by atoms with Gasteiger partial charge in [0.1, 0.15) is 13.2 Å². The lowest BCUT2D eigenvalue weighted by atomic mass is 10.1. The maximum atomic E-state index is 12.7. The smallest absolute Gasteiger partial charge is 0.251 e. The van der Waals surface area contributed by atoms with Crippen molar-refractivity contribution in [3.05, 3.63) is 71.8 Å². The van der Waals surface area contributed by atoms with Crippen LogP contribution in [0.15, 0.2) is 60.7 Å². The molecule has 4 rings (SSSR count). The van der Waals surface area contributed by atoms with Gasteiger partial charge in [-0.3, -0.25) is 9.59 Å². The SMILES string of the molecule is CCN(Cc1cccc2c1OCCO2)C(=O)CCNC(=O)c1ccc2ccccc2c1. The average Bonchev–Trinajstić information content (AvgIpc) is 2.82. The van der Waals surface area contributed by atoms with Gasteiger partial charge in [0.05, 0.1) is 0 Å². The van der Waals surface area contributed by atoms with Crippen molar-refractivity contribution in [3.63, 3.8) is 0 Å². The van der Waals surface area contributed by atoms with Crippen LogP contribution in [0.2, 0.25) is 0 Å². The van der Waals surface area contributed by atoms with E-state index in [1.54, 1.807) is 11.0 Å². The van der Waals surface area contributed by atoms with Gasteiger partial charge < -0.3 is 19.7 Å².